The minimum atomic E-state index is -0.285. The molecule has 1 heterocycles. The van der Waals surface area contributed by atoms with E-state index in [1.807, 2.05) is 18.7 Å². The third-order valence-electron chi connectivity index (χ3n) is 3.05. The van der Waals surface area contributed by atoms with Gasteiger partial charge in [-0.2, -0.15) is 0 Å². The van der Waals surface area contributed by atoms with Crippen LogP contribution in [0.4, 0.5) is 0 Å². The van der Waals surface area contributed by atoms with Crippen molar-refractivity contribution < 1.29 is 9.53 Å². The number of carbonyl (C=O) groups is 1. The Hall–Kier alpha value is -1.17. The quantitative estimate of drug-likeness (QED) is 0.809. The summed E-state index contributed by atoms with van der Waals surface area (Å²) in [7, 11) is 0. The summed E-state index contributed by atoms with van der Waals surface area (Å²) in [6.07, 6.45) is 0.183. The molecule has 20 heavy (non-hydrogen) atoms. The summed E-state index contributed by atoms with van der Waals surface area (Å²) in [6, 6.07) is 6.90. The monoisotopic (exact) mass is 312 g/mol. The molecular formula is C14H17ClN2O2S. The minimum absolute atomic E-state index is 0.0916. The number of amides is 1. The van der Waals surface area contributed by atoms with Gasteiger partial charge in [-0.25, -0.2) is 0 Å². The molecule has 2 atom stereocenters. The molecule has 1 aromatic rings. The molecule has 1 N–H and O–H groups in total. The first-order valence-corrected chi connectivity index (χ1v) is 7.26. The van der Waals surface area contributed by atoms with Gasteiger partial charge in [0.15, 0.2) is 5.11 Å². The first-order valence-electron chi connectivity index (χ1n) is 6.47. The largest absolute Gasteiger partial charge is 0.372 e. The van der Waals surface area contributed by atoms with Crippen LogP contribution in [0.15, 0.2) is 24.3 Å². The van der Waals surface area contributed by atoms with Crippen molar-refractivity contribution in [2.24, 2.45) is 0 Å². The molecule has 1 fully saturated rings. The van der Waals surface area contributed by atoms with Gasteiger partial charge in [-0.1, -0.05) is 23.7 Å². The van der Waals surface area contributed by atoms with Crippen LogP contribution in [-0.4, -0.2) is 41.2 Å². The van der Waals surface area contributed by atoms with Gasteiger partial charge in [-0.15, -0.1) is 0 Å². The number of ether oxygens (including phenoxy) is 1. The summed E-state index contributed by atoms with van der Waals surface area (Å²) in [5, 5.41) is 3.55. The van der Waals surface area contributed by atoms with Crippen LogP contribution in [0.5, 0.6) is 0 Å². The molecule has 0 unspecified atom stereocenters. The lowest BCUT2D eigenvalue weighted by atomic mass is 10.2. The molecule has 6 heteroatoms. The Morgan fingerprint density at radius 2 is 1.95 bits per heavy atom. The topological polar surface area (TPSA) is 41.6 Å². The van der Waals surface area contributed by atoms with Crippen LogP contribution in [0.25, 0.3) is 0 Å². The predicted octanol–water partition coefficient (Wildman–Crippen LogP) is 2.46. The Balaban J connectivity index is 2.01. The number of morpholine rings is 1. The number of hydrogen-bond donors (Lipinski definition) is 1. The number of hydrogen-bond acceptors (Lipinski definition) is 3. The molecule has 0 aromatic heterocycles. The third-order valence-corrected chi connectivity index (χ3v) is 3.74. The van der Waals surface area contributed by atoms with E-state index >= 15 is 0 Å². The molecule has 0 bridgehead atoms. The fourth-order valence-electron chi connectivity index (χ4n) is 2.23. The summed E-state index contributed by atoms with van der Waals surface area (Å²) in [5.74, 6) is -0.285. The van der Waals surface area contributed by atoms with E-state index in [-0.39, 0.29) is 18.1 Å². The van der Waals surface area contributed by atoms with Crippen LogP contribution < -0.4 is 5.32 Å². The van der Waals surface area contributed by atoms with Crippen molar-refractivity contribution in [1.29, 1.82) is 0 Å². The number of benzene rings is 1. The van der Waals surface area contributed by atoms with Crippen LogP contribution in [0.2, 0.25) is 5.02 Å². The van der Waals surface area contributed by atoms with Gasteiger partial charge in [-0.3, -0.25) is 10.1 Å². The van der Waals surface area contributed by atoms with Gasteiger partial charge in [0.2, 0.25) is 0 Å². The Labute approximate surface area is 129 Å². The normalized spacial score (nSPS) is 22.4. The summed E-state index contributed by atoms with van der Waals surface area (Å²) >= 11 is 11.3. The van der Waals surface area contributed by atoms with Crippen molar-refractivity contribution in [2.75, 3.05) is 13.1 Å². The molecule has 1 saturated heterocycles. The maximum absolute atomic E-state index is 12.1. The standard InChI is InChI=1S/C14H17ClN2O2S/c1-9-7-17(8-10(2)19-9)14(20)16-13(18)11-5-3-4-6-12(11)15/h3-6,9-10H,7-8H2,1-2H3,(H,16,18,20)/t9-,10+. The van der Waals surface area contributed by atoms with Crippen molar-refractivity contribution in [1.82, 2.24) is 10.2 Å². The Kier molecular flexibility index (Phi) is 4.96. The van der Waals surface area contributed by atoms with E-state index in [4.69, 9.17) is 28.6 Å². The smallest absolute Gasteiger partial charge is 0.258 e. The predicted molar refractivity (Wildman–Crippen MR) is 83.1 cm³/mol. The van der Waals surface area contributed by atoms with Crippen LogP contribution in [-0.2, 0) is 4.74 Å². The zero-order valence-corrected chi connectivity index (χ0v) is 13.0. The van der Waals surface area contributed by atoms with Crippen molar-refractivity contribution in [3.8, 4) is 0 Å². The lowest BCUT2D eigenvalue weighted by Gasteiger charge is -2.36. The van der Waals surface area contributed by atoms with Gasteiger partial charge >= 0.3 is 0 Å². The average molecular weight is 313 g/mol. The van der Waals surface area contributed by atoms with Crippen LogP contribution in [0.3, 0.4) is 0 Å². The van der Waals surface area contributed by atoms with E-state index in [1.54, 1.807) is 24.3 Å². The molecule has 2 rings (SSSR count). The average Bonchev–Trinajstić information content (AvgIpc) is 2.37. The number of thiocarbonyl (C=S) groups is 1. The van der Waals surface area contributed by atoms with Crippen LogP contribution >= 0.6 is 23.8 Å². The second-order valence-electron chi connectivity index (χ2n) is 4.90. The third kappa shape index (κ3) is 3.69. The lowest BCUT2D eigenvalue weighted by Crippen LogP contribution is -2.52. The summed E-state index contributed by atoms with van der Waals surface area (Å²) < 4.78 is 5.64. The first kappa shape index (κ1) is 15.2. The van der Waals surface area contributed by atoms with Gasteiger partial charge in [0.05, 0.1) is 22.8 Å². The molecule has 1 aliphatic rings. The zero-order chi connectivity index (χ0) is 14.7. The maximum atomic E-state index is 12.1. The summed E-state index contributed by atoms with van der Waals surface area (Å²) in [5.41, 5.74) is 0.422. The number of rotatable bonds is 1. The number of nitrogens with one attached hydrogen (secondary N) is 1. The fourth-order valence-corrected chi connectivity index (χ4v) is 2.70. The van der Waals surface area contributed by atoms with Crippen molar-refractivity contribution >= 4 is 34.8 Å². The second-order valence-corrected chi connectivity index (χ2v) is 5.70. The lowest BCUT2D eigenvalue weighted by molar-refractivity contribution is -0.0481. The molecule has 108 valence electrons. The van der Waals surface area contributed by atoms with Gasteiger partial charge in [-0.05, 0) is 38.2 Å². The Bertz CT molecular complexity index is 514. The molecule has 0 saturated carbocycles. The molecule has 1 aromatic carbocycles. The number of nitrogens with zero attached hydrogens (tertiary/aromatic N) is 1. The minimum Gasteiger partial charge on any atom is -0.372 e. The van der Waals surface area contributed by atoms with E-state index in [0.717, 1.165) is 0 Å². The molecule has 0 radical (unpaired) electrons. The molecule has 0 aliphatic carbocycles. The highest BCUT2D eigenvalue weighted by molar-refractivity contribution is 7.80. The van der Waals surface area contributed by atoms with E-state index in [2.05, 4.69) is 5.32 Å². The van der Waals surface area contributed by atoms with Crippen molar-refractivity contribution in [3.63, 3.8) is 0 Å². The van der Waals surface area contributed by atoms with Crippen LogP contribution in [0, 0.1) is 0 Å². The first-order chi connectivity index (χ1) is 9.47. The number of carbonyl (C=O) groups excluding carboxylic acids is 1. The van der Waals surface area contributed by atoms with Crippen molar-refractivity contribution in [2.45, 2.75) is 26.1 Å². The molecule has 4 nitrogen and oxygen atoms in total. The van der Waals surface area contributed by atoms with E-state index < -0.39 is 0 Å². The molecular weight excluding hydrogens is 296 g/mol. The highest BCUT2D eigenvalue weighted by Gasteiger charge is 2.25. The van der Waals surface area contributed by atoms with Gasteiger partial charge in [0.1, 0.15) is 0 Å². The van der Waals surface area contributed by atoms with E-state index in [9.17, 15) is 4.79 Å². The second kappa shape index (κ2) is 6.52. The summed E-state index contributed by atoms with van der Waals surface area (Å²) in [4.78, 5) is 14.1. The molecule has 1 aliphatic heterocycles. The summed E-state index contributed by atoms with van der Waals surface area (Å²) in [6.45, 7) is 5.32. The molecule has 0 spiro atoms. The van der Waals surface area contributed by atoms with Gasteiger partial charge < -0.3 is 9.64 Å². The number of halogens is 1. The van der Waals surface area contributed by atoms with Gasteiger partial charge in [0, 0.05) is 13.1 Å². The highest BCUT2D eigenvalue weighted by atomic mass is 35.5. The Morgan fingerprint density at radius 1 is 1.35 bits per heavy atom. The van der Waals surface area contributed by atoms with Crippen molar-refractivity contribution in [3.05, 3.63) is 34.9 Å². The highest BCUT2D eigenvalue weighted by Crippen LogP contribution is 2.15. The Morgan fingerprint density at radius 3 is 2.55 bits per heavy atom. The zero-order valence-electron chi connectivity index (χ0n) is 11.4. The van der Waals surface area contributed by atoms with E-state index in [0.29, 0.717) is 28.8 Å². The maximum Gasteiger partial charge on any atom is 0.258 e. The molecule has 1 amide bonds. The van der Waals surface area contributed by atoms with Gasteiger partial charge in [0.25, 0.3) is 5.91 Å². The SMILES string of the molecule is C[C@@H]1CN(C(=S)NC(=O)c2ccccc2Cl)C[C@H](C)O1. The van der Waals surface area contributed by atoms with Crippen LogP contribution in [0.1, 0.15) is 24.2 Å². The fraction of sp³-hybridized carbons (Fsp3) is 0.429. The van der Waals surface area contributed by atoms with E-state index in [1.165, 1.54) is 0 Å².